The van der Waals surface area contributed by atoms with Gasteiger partial charge in [-0.05, 0) is 38.3 Å². The fourth-order valence-corrected chi connectivity index (χ4v) is 3.37. The zero-order valence-electron chi connectivity index (χ0n) is 13.4. The molecule has 0 saturated carbocycles. The van der Waals surface area contributed by atoms with Crippen LogP contribution in [0.25, 0.3) is 0 Å². The quantitative estimate of drug-likeness (QED) is 0.859. The lowest BCUT2D eigenvalue weighted by atomic mass is 9.88. The molecule has 0 radical (unpaired) electrons. The number of ether oxygens (including phenoxy) is 2. The Morgan fingerprint density at radius 2 is 2.23 bits per heavy atom. The number of amides is 1. The van der Waals surface area contributed by atoms with Gasteiger partial charge in [0.2, 0.25) is 0 Å². The van der Waals surface area contributed by atoms with Crippen molar-refractivity contribution in [1.29, 1.82) is 0 Å². The van der Waals surface area contributed by atoms with Gasteiger partial charge in [0.1, 0.15) is 5.69 Å². The average molecular weight is 304 g/mol. The summed E-state index contributed by atoms with van der Waals surface area (Å²) in [7, 11) is 0. The molecule has 0 N–H and O–H groups in total. The Balaban J connectivity index is 1.58. The van der Waals surface area contributed by atoms with E-state index in [1.165, 1.54) is 0 Å². The SMILES string of the molecule is CCO[C@@H]1COC2(CCN(C(=O)c3ccc(C)cn3)CC2)C1. The van der Waals surface area contributed by atoms with E-state index in [0.29, 0.717) is 12.3 Å². The molecule has 0 aliphatic carbocycles. The topological polar surface area (TPSA) is 51.7 Å². The highest BCUT2D eigenvalue weighted by atomic mass is 16.6. The van der Waals surface area contributed by atoms with Gasteiger partial charge < -0.3 is 14.4 Å². The molecular formula is C17H24N2O3. The van der Waals surface area contributed by atoms with Crippen molar-refractivity contribution in [2.45, 2.75) is 44.8 Å². The lowest BCUT2D eigenvalue weighted by Gasteiger charge is -2.38. The van der Waals surface area contributed by atoms with Gasteiger partial charge >= 0.3 is 0 Å². The number of rotatable bonds is 3. The Kier molecular flexibility index (Phi) is 4.45. The standard InChI is InChI=1S/C17H24N2O3/c1-3-21-14-10-17(22-12-14)6-8-19(9-7-17)16(20)15-5-4-13(2)11-18-15/h4-5,11,14H,3,6-10,12H2,1-2H3/t14-/m0/s1. The molecule has 2 aliphatic heterocycles. The van der Waals surface area contributed by atoms with Crippen LogP contribution < -0.4 is 0 Å². The van der Waals surface area contributed by atoms with Crippen LogP contribution in [0.2, 0.25) is 0 Å². The molecule has 2 saturated heterocycles. The molecule has 1 atom stereocenters. The second-order valence-corrected chi connectivity index (χ2v) is 6.29. The van der Waals surface area contributed by atoms with Gasteiger partial charge in [0.15, 0.2) is 0 Å². The summed E-state index contributed by atoms with van der Waals surface area (Å²) in [5.41, 5.74) is 1.51. The van der Waals surface area contributed by atoms with E-state index < -0.39 is 0 Å². The fraction of sp³-hybridized carbons (Fsp3) is 0.647. The summed E-state index contributed by atoms with van der Waals surface area (Å²) in [6.45, 7) is 6.86. The van der Waals surface area contributed by atoms with Crippen molar-refractivity contribution in [3.05, 3.63) is 29.6 Å². The third kappa shape index (κ3) is 3.15. The molecule has 22 heavy (non-hydrogen) atoms. The van der Waals surface area contributed by atoms with Crippen molar-refractivity contribution in [3.8, 4) is 0 Å². The Hall–Kier alpha value is -1.46. The Bertz CT molecular complexity index is 521. The van der Waals surface area contributed by atoms with Gasteiger partial charge in [0.25, 0.3) is 5.91 Å². The number of likely N-dealkylation sites (tertiary alicyclic amines) is 1. The summed E-state index contributed by atoms with van der Waals surface area (Å²) in [6, 6.07) is 3.73. The number of aromatic nitrogens is 1. The van der Waals surface area contributed by atoms with Crippen molar-refractivity contribution in [3.63, 3.8) is 0 Å². The highest BCUT2D eigenvalue weighted by molar-refractivity contribution is 5.92. The van der Waals surface area contributed by atoms with E-state index in [2.05, 4.69) is 4.98 Å². The number of pyridine rings is 1. The van der Waals surface area contributed by atoms with Gasteiger partial charge in [-0.2, -0.15) is 0 Å². The highest BCUT2D eigenvalue weighted by Gasteiger charge is 2.43. The summed E-state index contributed by atoms with van der Waals surface area (Å²) in [4.78, 5) is 18.6. The maximum Gasteiger partial charge on any atom is 0.272 e. The van der Waals surface area contributed by atoms with Gasteiger partial charge in [0, 0.05) is 32.3 Å². The van der Waals surface area contributed by atoms with Crippen LogP contribution in [-0.4, -0.2) is 53.8 Å². The fourth-order valence-electron chi connectivity index (χ4n) is 3.37. The van der Waals surface area contributed by atoms with Gasteiger partial charge in [-0.25, -0.2) is 0 Å². The minimum Gasteiger partial charge on any atom is -0.376 e. The summed E-state index contributed by atoms with van der Waals surface area (Å²) >= 11 is 0. The summed E-state index contributed by atoms with van der Waals surface area (Å²) in [5.74, 6) is 0.0224. The van der Waals surface area contributed by atoms with Crippen LogP contribution >= 0.6 is 0 Å². The number of hydrogen-bond acceptors (Lipinski definition) is 4. The van der Waals surface area contributed by atoms with E-state index >= 15 is 0 Å². The molecule has 2 aliphatic rings. The summed E-state index contributed by atoms with van der Waals surface area (Å²) in [6.07, 6.45) is 4.67. The average Bonchev–Trinajstić information content (AvgIpc) is 2.91. The molecule has 1 aromatic heterocycles. The van der Waals surface area contributed by atoms with Crippen LogP contribution in [0.15, 0.2) is 18.3 Å². The van der Waals surface area contributed by atoms with E-state index in [1.54, 1.807) is 12.3 Å². The molecule has 120 valence electrons. The lowest BCUT2D eigenvalue weighted by Crippen LogP contribution is -2.46. The first-order chi connectivity index (χ1) is 10.6. The molecule has 1 spiro atoms. The smallest absolute Gasteiger partial charge is 0.272 e. The first-order valence-corrected chi connectivity index (χ1v) is 8.09. The van der Waals surface area contributed by atoms with Crippen LogP contribution in [0.5, 0.6) is 0 Å². The van der Waals surface area contributed by atoms with Crippen molar-refractivity contribution < 1.29 is 14.3 Å². The molecule has 2 fully saturated rings. The maximum atomic E-state index is 12.5. The van der Waals surface area contributed by atoms with E-state index in [4.69, 9.17) is 9.47 Å². The molecule has 1 amide bonds. The largest absolute Gasteiger partial charge is 0.376 e. The highest BCUT2D eigenvalue weighted by Crippen LogP contribution is 2.37. The third-order valence-corrected chi connectivity index (χ3v) is 4.67. The molecule has 1 aromatic rings. The van der Waals surface area contributed by atoms with Crippen LogP contribution in [0, 0.1) is 6.92 Å². The second kappa shape index (κ2) is 6.34. The van der Waals surface area contributed by atoms with Crippen LogP contribution in [0.3, 0.4) is 0 Å². The Labute approximate surface area is 131 Å². The lowest BCUT2D eigenvalue weighted by molar-refractivity contribution is -0.0408. The molecule has 0 aromatic carbocycles. The number of carbonyl (C=O) groups is 1. The number of aryl methyl sites for hydroxylation is 1. The number of hydrogen-bond donors (Lipinski definition) is 0. The van der Waals surface area contributed by atoms with Gasteiger partial charge in [0.05, 0.1) is 18.3 Å². The van der Waals surface area contributed by atoms with E-state index in [0.717, 1.165) is 44.5 Å². The zero-order chi connectivity index (χ0) is 15.6. The van der Waals surface area contributed by atoms with E-state index in [1.807, 2.05) is 24.8 Å². The van der Waals surface area contributed by atoms with Gasteiger partial charge in [-0.3, -0.25) is 9.78 Å². The Morgan fingerprint density at radius 1 is 1.45 bits per heavy atom. The van der Waals surface area contributed by atoms with Crippen LogP contribution in [0.1, 0.15) is 42.2 Å². The Morgan fingerprint density at radius 3 is 2.86 bits per heavy atom. The molecule has 3 rings (SSSR count). The summed E-state index contributed by atoms with van der Waals surface area (Å²) < 4.78 is 11.7. The number of piperidine rings is 1. The van der Waals surface area contributed by atoms with Gasteiger partial charge in [-0.15, -0.1) is 0 Å². The van der Waals surface area contributed by atoms with E-state index in [-0.39, 0.29) is 17.6 Å². The van der Waals surface area contributed by atoms with Crippen molar-refractivity contribution in [2.24, 2.45) is 0 Å². The van der Waals surface area contributed by atoms with Gasteiger partial charge in [-0.1, -0.05) is 6.07 Å². The van der Waals surface area contributed by atoms with Crippen LogP contribution in [0.4, 0.5) is 0 Å². The molecule has 0 unspecified atom stereocenters. The predicted molar refractivity (Wildman–Crippen MR) is 82.8 cm³/mol. The minimum atomic E-state index is -0.0860. The molecule has 0 bridgehead atoms. The van der Waals surface area contributed by atoms with Crippen molar-refractivity contribution in [1.82, 2.24) is 9.88 Å². The normalized spacial score (nSPS) is 23.9. The maximum absolute atomic E-state index is 12.5. The second-order valence-electron chi connectivity index (χ2n) is 6.29. The van der Waals surface area contributed by atoms with E-state index in [9.17, 15) is 4.79 Å². The monoisotopic (exact) mass is 304 g/mol. The number of nitrogens with zero attached hydrogens (tertiary/aromatic N) is 2. The first kappa shape index (κ1) is 15.4. The molecule has 5 heteroatoms. The predicted octanol–water partition coefficient (Wildman–Crippen LogP) is 2.19. The third-order valence-electron chi connectivity index (χ3n) is 4.67. The molecular weight excluding hydrogens is 280 g/mol. The molecule has 5 nitrogen and oxygen atoms in total. The molecule has 3 heterocycles. The van der Waals surface area contributed by atoms with Crippen LogP contribution in [-0.2, 0) is 9.47 Å². The summed E-state index contributed by atoms with van der Waals surface area (Å²) in [5, 5.41) is 0. The first-order valence-electron chi connectivity index (χ1n) is 8.09. The van der Waals surface area contributed by atoms with Crippen molar-refractivity contribution >= 4 is 5.91 Å². The number of carbonyl (C=O) groups excluding carboxylic acids is 1. The zero-order valence-corrected chi connectivity index (χ0v) is 13.4. The minimum absolute atomic E-state index is 0.0224. The van der Waals surface area contributed by atoms with Crippen molar-refractivity contribution in [2.75, 3.05) is 26.3 Å².